The summed E-state index contributed by atoms with van der Waals surface area (Å²) in [5, 5.41) is 7.94. The van der Waals surface area contributed by atoms with Gasteiger partial charge in [0.05, 0.1) is 9.77 Å². The Morgan fingerprint density at radius 3 is 2.70 bits per heavy atom. The topological polar surface area (TPSA) is 98.5 Å². The monoisotopic (exact) mass is 318 g/mol. The average Bonchev–Trinajstić information content (AvgIpc) is 2.79. The minimum absolute atomic E-state index is 0.0266. The lowest BCUT2D eigenvalue weighted by atomic mass is 10.0. The van der Waals surface area contributed by atoms with E-state index in [1.165, 1.54) is 6.07 Å². The van der Waals surface area contributed by atoms with Gasteiger partial charge in [-0.15, -0.1) is 11.3 Å². The van der Waals surface area contributed by atoms with E-state index in [9.17, 15) is 13.2 Å². The first kappa shape index (κ1) is 15.4. The maximum atomic E-state index is 12.0. The van der Waals surface area contributed by atoms with Crippen molar-refractivity contribution in [1.29, 1.82) is 0 Å². The number of carbonyl (C=O) groups excluding carboxylic acids is 1. The molecule has 2 heterocycles. The van der Waals surface area contributed by atoms with Gasteiger partial charge in [0.15, 0.2) is 0 Å². The quantitative estimate of drug-likeness (QED) is 0.860. The number of nitrogens with two attached hydrogens (primary N) is 1. The minimum Gasteiger partial charge on any atom is -0.381 e. The Kier molecular flexibility index (Phi) is 4.79. The summed E-state index contributed by atoms with van der Waals surface area (Å²) in [7, 11) is -3.77. The Morgan fingerprint density at radius 1 is 1.50 bits per heavy atom. The maximum Gasteiger partial charge on any atom is 0.261 e. The molecule has 1 aliphatic heterocycles. The van der Waals surface area contributed by atoms with E-state index in [4.69, 9.17) is 9.88 Å². The van der Waals surface area contributed by atoms with Gasteiger partial charge in [0.2, 0.25) is 10.0 Å². The number of hydrogen-bond acceptors (Lipinski definition) is 5. The predicted octanol–water partition coefficient (Wildman–Crippen LogP) is 0.860. The number of hydrogen-bond donors (Lipinski definition) is 2. The summed E-state index contributed by atoms with van der Waals surface area (Å²) in [6.45, 7) is 3.69. The van der Waals surface area contributed by atoms with Gasteiger partial charge in [-0.2, -0.15) is 0 Å². The molecule has 1 fully saturated rings. The van der Waals surface area contributed by atoms with E-state index in [1.54, 1.807) is 6.92 Å². The molecule has 20 heavy (non-hydrogen) atoms. The van der Waals surface area contributed by atoms with Gasteiger partial charge in [-0.25, -0.2) is 13.6 Å². The second-order valence-electron chi connectivity index (χ2n) is 4.84. The Bertz CT molecular complexity index is 589. The summed E-state index contributed by atoms with van der Waals surface area (Å²) in [5.41, 5.74) is 0. The Morgan fingerprint density at radius 2 is 2.15 bits per heavy atom. The Balaban J connectivity index is 1.99. The number of thiophene rings is 1. The molecular weight excluding hydrogens is 300 g/mol. The molecule has 0 saturated carbocycles. The molecule has 1 aliphatic rings. The number of sulfonamides is 1. The van der Waals surface area contributed by atoms with Crippen LogP contribution in [0.3, 0.4) is 0 Å². The van der Waals surface area contributed by atoms with Gasteiger partial charge in [0.25, 0.3) is 5.91 Å². The van der Waals surface area contributed by atoms with Crippen LogP contribution in [0.5, 0.6) is 0 Å². The van der Waals surface area contributed by atoms with Crippen molar-refractivity contribution in [3.05, 3.63) is 15.8 Å². The molecule has 0 spiro atoms. The summed E-state index contributed by atoms with van der Waals surface area (Å²) >= 11 is 1.14. The van der Waals surface area contributed by atoms with Crippen LogP contribution in [0.1, 0.15) is 27.4 Å². The van der Waals surface area contributed by atoms with Crippen LogP contribution in [0.4, 0.5) is 0 Å². The largest absolute Gasteiger partial charge is 0.381 e. The first-order valence-electron chi connectivity index (χ1n) is 6.37. The fourth-order valence-corrected chi connectivity index (χ4v) is 4.20. The molecule has 1 aromatic rings. The normalized spacial score (nSPS) is 17.1. The first-order chi connectivity index (χ1) is 9.38. The zero-order valence-corrected chi connectivity index (χ0v) is 12.9. The highest BCUT2D eigenvalue weighted by atomic mass is 32.2. The summed E-state index contributed by atoms with van der Waals surface area (Å²) < 4.78 is 27.9. The standard InChI is InChI=1S/C12H18N2O4S2/c1-8-11(20(13,16)17)6-10(19-8)12(15)14-7-9-2-4-18-5-3-9/h6,9H,2-5,7H2,1H3,(H,14,15)(H2,13,16,17). The van der Waals surface area contributed by atoms with E-state index in [2.05, 4.69) is 5.32 Å². The molecule has 2 rings (SSSR count). The average molecular weight is 318 g/mol. The van der Waals surface area contributed by atoms with Crippen LogP contribution in [0.15, 0.2) is 11.0 Å². The molecule has 0 atom stereocenters. The second-order valence-corrected chi connectivity index (χ2v) is 7.63. The van der Waals surface area contributed by atoms with Gasteiger partial charge >= 0.3 is 0 Å². The van der Waals surface area contributed by atoms with Crippen LogP contribution in [0, 0.1) is 12.8 Å². The highest BCUT2D eigenvalue weighted by Crippen LogP contribution is 2.24. The van der Waals surface area contributed by atoms with Gasteiger partial charge in [-0.3, -0.25) is 4.79 Å². The third kappa shape index (κ3) is 3.78. The zero-order chi connectivity index (χ0) is 14.8. The van der Waals surface area contributed by atoms with Crippen LogP contribution < -0.4 is 10.5 Å². The van der Waals surface area contributed by atoms with E-state index >= 15 is 0 Å². The van der Waals surface area contributed by atoms with E-state index in [-0.39, 0.29) is 10.8 Å². The predicted molar refractivity (Wildman–Crippen MR) is 76.3 cm³/mol. The van der Waals surface area contributed by atoms with Crippen LogP contribution in [-0.2, 0) is 14.8 Å². The van der Waals surface area contributed by atoms with Gasteiger partial charge in [-0.1, -0.05) is 0 Å². The lowest BCUT2D eigenvalue weighted by Crippen LogP contribution is -2.31. The molecular formula is C12H18N2O4S2. The van der Waals surface area contributed by atoms with Crippen molar-refractivity contribution in [2.24, 2.45) is 11.1 Å². The summed E-state index contributed by atoms with van der Waals surface area (Å²) in [5.74, 6) is 0.172. The number of rotatable bonds is 4. The highest BCUT2D eigenvalue weighted by Gasteiger charge is 2.20. The molecule has 0 radical (unpaired) electrons. The van der Waals surface area contributed by atoms with Crippen molar-refractivity contribution in [1.82, 2.24) is 5.32 Å². The van der Waals surface area contributed by atoms with Crippen molar-refractivity contribution in [3.8, 4) is 0 Å². The fourth-order valence-electron chi connectivity index (χ4n) is 2.13. The molecule has 1 aromatic heterocycles. The maximum absolute atomic E-state index is 12.0. The van der Waals surface area contributed by atoms with E-state index in [1.807, 2.05) is 0 Å². The van der Waals surface area contributed by atoms with Crippen LogP contribution in [-0.4, -0.2) is 34.1 Å². The third-order valence-electron chi connectivity index (χ3n) is 3.29. The van der Waals surface area contributed by atoms with E-state index < -0.39 is 10.0 Å². The zero-order valence-electron chi connectivity index (χ0n) is 11.2. The number of primary sulfonamides is 1. The molecule has 3 N–H and O–H groups in total. The molecule has 0 bridgehead atoms. The van der Waals surface area contributed by atoms with Crippen LogP contribution >= 0.6 is 11.3 Å². The number of carbonyl (C=O) groups is 1. The van der Waals surface area contributed by atoms with Crippen molar-refractivity contribution in [3.63, 3.8) is 0 Å². The smallest absolute Gasteiger partial charge is 0.261 e. The van der Waals surface area contributed by atoms with Crippen molar-refractivity contribution in [2.45, 2.75) is 24.7 Å². The van der Waals surface area contributed by atoms with Gasteiger partial charge in [0.1, 0.15) is 0 Å². The molecule has 0 aliphatic carbocycles. The van der Waals surface area contributed by atoms with E-state index in [0.717, 1.165) is 37.4 Å². The third-order valence-corrected chi connectivity index (χ3v) is 5.51. The van der Waals surface area contributed by atoms with Crippen molar-refractivity contribution < 1.29 is 17.9 Å². The van der Waals surface area contributed by atoms with Crippen LogP contribution in [0.2, 0.25) is 0 Å². The van der Waals surface area contributed by atoms with Gasteiger partial charge < -0.3 is 10.1 Å². The number of aryl methyl sites for hydroxylation is 1. The summed E-state index contributed by atoms with van der Waals surface area (Å²) in [6, 6.07) is 1.34. The molecule has 8 heteroatoms. The SMILES string of the molecule is Cc1sc(C(=O)NCC2CCOCC2)cc1S(N)(=O)=O. The second kappa shape index (κ2) is 6.21. The fraction of sp³-hybridized carbons (Fsp3) is 0.583. The molecule has 0 unspecified atom stereocenters. The molecule has 1 amide bonds. The molecule has 1 saturated heterocycles. The lowest BCUT2D eigenvalue weighted by molar-refractivity contribution is 0.0643. The first-order valence-corrected chi connectivity index (χ1v) is 8.73. The molecule has 112 valence electrons. The Hall–Kier alpha value is -0.960. The highest BCUT2D eigenvalue weighted by molar-refractivity contribution is 7.89. The van der Waals surface area contributed by atoms with Gasteiger partial charge in [0, 0.05) is 24.6 Å². The minimum atomic E-state index is -3.77. The lowest BCUT2D eigenvalue weighted by Gasteiger charge is -2.21. The summed E-state index contributed by atoms with van der Waals surface area (Å²) in [4.78, 5) is 12.9. The van der Waals surface area contributed by atoms with Crippen LogP contribution in [0.25, 0.3) is 0 Å². The van der Waals surface area contributed by atoms with Crippen molar-refractivity contribution in [2.75, 3.05) is 19.8 Å². The van der Waals surface area contributed by atoms with Gasteiger partial charge in [-0.05, 0) is 31.7 Å². The Labute approximate surface area is 122 Å². The number of amides is 1. The summed E-state index contributed by atoms with van der Waals surface area (Å²) in [6.07, 6.45) is 1.87. The molecule has 6 nitrogen and oxygen atoms in total. The van der Waals surface area contributed by atoms with E-state index in [0.29, 0.717) is 22.2 Å². The number of ether oxygens (including phenoxy) is 1. The van der Waals surface area contributed by atoms with Crippen molar-refractivity contribution >= 4 is 27.3 Å². The molecule has 0 aromatic carbocycles. The number of nitrogens with one attached hydrogen (secondary N) is 1.